The van der Waals surface area contributed by atoms with Crippen LogP contribution in [0.3, 0.4) is 0 Å². The molecule has 0 bridgehead atoms. The minimum Gasteiger partial charge on any atom is -0.463 e. The topological polar surface area (TPSA) is 67.9 Å². The number of aromatic amines is 1. The molecule has 0 saturated carbocycles. The average Bonchev–Trinajstić information content (AvgIpc) is 2.82. The van der Waals surface area contributed by atoms with Gasteiger partial charge in [-0.15, -0.1) is 0 Å². The summed E-state index contributed by atoms with van der Waals surface area (Å²) in [5.41, 5.74) is 2.32. The van der Waals surface area contributed by atoms with Gasteiger partial charge in [0.25, 0.3) is 0 Å². The predicted molar refractivity (Wildman–Crippen MR) is 62.7 cm³/mol. The van der Waals surface area contributed by atoms with E-state index in [1.54, 1.807) is 6.20 Å². The van der Waals surface area contributed by atoms with E-state index in [1.165, 1.54) is 7.11 Å². The van der Waals surface area contributed by atoms with Crippen LogP contribution in [0.15, 0.2) is 30.5 Å². The first-order valence-electron chi connectivity index (χ1n) is 5.11. The van der Waals surface area contributed by atoms with Gasteiger partial charge in [-0.05, 0) is 6.07 Å². The summed E-state index contributed by atoms with van der Waals surface area (Å²) in [5, 5.41) is 0.938. The number of nitrogens with one attached hydrogen (secondary N) is 1. The molecule has 3 aromatic rings. The molecule has 0 fully saturated rings. The molecular formula is C12H9N3O2. The molecule has 2 aromatic heterocycles. The van der Waals surface area contributed by atoms with Crippen molar-refractivity contribution in [3.8, 4) is 0 Å². The maximum Gasteiger partial charge on any atom is 0.374 e. The first-order chi connectivity index (χ1) is 8.29. The number of hydrogen-bond donors (Lipinski definition) is 1. The van der Waals surface area contributed by atoms with Crippen LogP contribution in [-0.2, 0) is 4.74 Å². The Balaban J connectivity index is 2.35. The number of carbonyl (C=O) groups excluding carboxylic acids is 1. The Labute approximate surface area is 96.4 Å². The summed E-state index contributed by atoms with van der Waals surface area (Å²) in [6, 6.07) is 7.68. The molecule has 84 valence electrons. The van der Waals surface area contributed by atoms with E-state index in [-0.39, 0.29) is 5.82 Å². The molecule has 0 unspecified atom stereocenters. The SMILES string of the molecule is COC(=O)c1nc2cnc3ccccc3c2[nH]1. The van der Waals surface area contributed by atoms with E-state index in [2.05, 4.69) is 19.7 Å². The molecular weight excluding hydrogens is 218 g/mol. The van der Waals surface area contributed by atoms with Gasteiger partial charge in [-0.2, -0.15) is 0 Å². The van der Waals surface area contributed by atoms with E-state index in [0.717, 1.165) is 16.4 Å². The highest BCUT2D eigenvalue weighted by molar-refractivity contribution is 6.03. The summed E-state index contributed by atoms with van der Waals surface area (Å²) in [6.07, 6.45) is 1.64. The lowest BCUT2D eigenvalue weighted by Gasteiger charge is -1.96. The zero-order valence-corrected chi connectivity index (χ0v) is 9.10. The lowest BCUT2D eigenvalue weighted by molar-refractivity contribution is 0.0588. The van der Waals surface area contributed by atoms with Gasteiger partial charge in [-0.1, -0.05) is 18.2 Å². The summed E-state index contributed by atoms with van der Waals surface area (Å²) in [7, 11) is 1.33. The second-order valence-electron chi connectivity index (χ2n) is 3.61. The number of carbonyl (C=O) groups is 1. The van der Waals surface area contributed by atoms with Crippen molar-refractivity contribution in [2.24, 2.45) is 0 Å². The largest absolute Gasteiger partial charge is 0.463 e. The van der Waals surface area contributed by atoms with Crippen LogP contribution >= 0.6 is 0 Å². The number of nitrogens with zero attached hydrogens (tertiary/aromatic N) is 2. The van der Waals surface area contributed by atoms with Gasteiger partial charge < -0.3 is 9.72 Å². The third-order valence-electron chi connectivity index (χ3n) is 2.61. The lowest BCUT2D eigenvalue weighted by Crippen LogP contribution is -2.02. The predicted octanol–water partition coefficient (Wildman–Crippen LogP) is 1.90. The first kappa shape index (κ1) is 9.77. The maximum atomic E-state index is 11.4. The quantitative estimate of drug-likeness (QED) is 0.644. The van der Waals surface area contributed by atoms with Gasteiger partial charge in [0.1, 0.15) is 5.52 Å². The molecule has 5 nitrogen and oxygen atoms in total. The number of methoxy groups -OCH3 is 1. The van der Waals surface area contributed by atoms with Gasteiger partial charge in [0, 0.05) is 5.39 Å². The van der Waals surface area contributed by atoms with E-state index < -0.39 is 5.97 Å². The molecule has 5 heteroatoms. The fourth-order valence-corrected chi connectivity index (χ4v) is 1.81. The van der Waals surface area contributed by atoms with Crippen LogP contribution in [0.25, 0.3) is 21.9 Å². The van der Waals surface area contributed by atoms with Gasteiger partial charge in [0.15, 0.2) is 0 Å². The molecule has 3 rings (SSSR count). The zero-order valence-electron chi connectivity index (χ0n) is 9.10. The molecule has 0 atom stereocenters. The molecule has 0 aliphatic rings. The Morgan fingerprint density at radius 1 is 1.29 bits per heavy atom. The highest BCUT2D eigenvalue weighted by Gasteiger charge is 2.13. The van der Waals surface area contributed by atoms with Crippen LogP contribution < -0.4 is 0 Å². The zero-order chi connectivity index (χ0) is 11.8. The summed E-state index contributed by atoms with van der Waals surface area (Å²) in [4.78, 5) is 22.8. The van der Waals surface area contributed by atoms with Crippen molar-refractivity contribution in [3.05, 3.63) is 36.3 Å². The highest BCUT2D eigenvalue weighted by atomic mass is 16.5. The van der Waals surface area contributed by atoms with Crippen LogP contribution in [0.2, 0.25) is 0 Å². The number of para-hydroxylation sites is 1. The second-order valence-corrected chi connectivity index (χ2v) is 3.61. The number of H-pyrrole nitrogens is 1. The molecule has 1 aromatic carbocycles. The van der Waals surface area contributed by atoms with Crippen LogP contribution in [0.1, 0.15) is 10.6 Å². The minimum atomic E-state index is -0.481. The number of fused-ring (bicyclic) bond motifs is 3. The molecule has 1 N–H and O–H groups in total. The molecule has 0 spiro atoms. The monoisotopic (exact) mass is 227 g/mol. The highest BCUT2D eigenvalue weighted by Crippen LogP contribution is 2.21. The van der Waals surface area contributed by atoms with E-state index in [4.69, 9.17) is 0 Å². The normalized spacial score (nSPS) is 10.9. The van der Waals surface area contributed by atoms with Gasteiger partial charge in [-0.3, -0.25) is 4.98 Å². The van der Waals surface area contributed by atoms with Crippen molar-refractivity contribution in [1.82, 2.24) is 15.0 Å². The number of pyridine rings is 1. The number of ether oxygens (including phenoxy) is 1. The summed E-state index contributed by atoms with van der Waals surface area (Å²) >= 11 is 0. The molecule has 0 saturated heterocycles. The number of aromatic nitrogens is 3. The van der Waals surface area contributed by atoms with Crippen molar-refractivity contribution >= 4 is 27.9 Å². The lowest BCUT2D eigenvalue weighted by atomic mass is 10.2. The molecule has 0 aliphatic heterocycles. The van der Waals surface area contributed by atoms with Crippen molar-refractivity contribution in [2.75, 3.05) is 7.11 Å². The van der Waals surface area contributed by atoms with Crippen LogP contribution in [0.4, 0.5) is 0 Å². The van der Waals surface area contributed by atoms with Gasteiger partial charge in [0.05, 0.1) is 24.3 Å². The summed E-state index contributed by atoms with van der Waals surface area (Å²) < 4.78 is 4.62. The Kier molecular flexibility index (Phi) is 2.04. The second kappa shape index (κ2) is 3.55. The Bertz CT molecular complexity index is 718. The van der Waals surface area contributed by atoms with E-state index in [0.29, 0.717) is 5.52 Å². The average molecular weight is 227 g/mol. The fraction of sp³-hybridized carbons (Fsp3) is 0.0833. The summed E-state index contributed by atoms with van der Waals surface area (Å²) in [5.74, 6) is -0.286. The van der Waals surface area contributed by atoms with Crippen molar-refractivity contribution in [2.45, 2.75) is 0 Å². The number of benzene rings is 1. The van der Waals surface area contributed by atoms with E-state index in [1.807, 2.05) is 24.3 Å². The van der Waals surface area contributed by atoms with E-state index >= 15 is 0 Å². The molecule has 0 aliphatic carbocycles. The van der Waals surface area contributed by atoms with Crippen molar-refractivity contribution in [1.29, 1.82) is 0 Å². The Morgan fingerprint density at radius 3 is 2.94 bits per heavy atom. The van der Waals surface area contributed by atoms with Gasteiger partial charge >= 0.3 is 5.97 Å². The smallest absolute Gasteiger partial charge is 0.374 e. The Morgan fingerprint density at radius 2 is 2.12 bits per heavy atom. The minimum absolute atomic E-state index is 0.195. The number of esters is 1. The standard InChI is InChI=1S/C12H9N3O2/c1-17-12(16)11-14-9-6-13-8-5-3-2-4-7(8)10(9)15-11/h2-6H,1H3,(H,14,15). The molecule has 2 heterocycles. The van der Waals surface area contributed by atoms with Crippen molar-refractivity contribution in [3.63, 3.8) is 0 Å². The van der Waals surface area contributed by atoms with Gasteiger partial charge in [0.2, 0.25) is 5.82 Å². The summed E-state index contributed by atoms with van der Waals surface area (Å²) in [6.45, 7) is 0. The fourth-order valence-electron chi connectivity index (χ4n) is 1.81. The Hall–Kier alpha value is -2.43. The van der Waals surface area contributed by atoms with E-state index in [9.17, 15) is 4.79 Å². The number of imidazole rings is 1. The van der Waals surface area contributed by atoms with Crippen LogP contribution in [-0.4, -0.2) is 28.0 Å². The van der Waals surface area contributed by atoms with Crippen molar-refractivity contribution < 1.29 is 9.53 Å². The number of hydrogen-bond acceptors (Lipinski definition) is 4. The first-order valence-corrected chi connectivity index (χ1v) is 5.11. The molecule has 0 amide bonds. The van der Waals surface area contributed by atoms with Gasteiger partial charge in [-0.25, -0.2) is 9.78 Å². The number of rotatable bonds is 1. The van der Waals surface area contributed by atoms with Crippen LogP contribution in [0.5, 0.6) is 0 Å². The molecule has 0 radical (unpaired) electrons. The third-order valence-corrected chi connectivity index (χ3v) is 2.61. The molecule has 17 heavy (non-hydrogen) atoms. The van der Waals surface area contributed by atoms with Crippen LogP contribution in [0, 0.1) is 0 Å². The third kappa shape index (κ3) is 1.44. The maximum absolute atomic E-state index is 11.4.